The lowest BCUT2D eigenvalue weighted by atomic mass is 10.1. The van der Waals surface area contributed by atoms with E-state index in [1.807, 2.05) is 18.2 Å². The lowest BCUT2D eigenvalue weighted by Crippen LogP contribution is -2.46. The zero-order valence-electron chi connectivity index (χ0n) is 19.0. The van der Waals surface area contributed by atoms with Crippen molar-refractivity contribution < 1.29 is 14.3 Å². The van der Waals surface area contributed by atoms with Crippen LogP contribution >= 0.6 is 0 Å². The molecule has 2 N–H and O–H groups in total. The smallest absolute Gasteiger partial charge is 0.237 e. The van der Waals surface area contributed by atoms with Crippen molar-refractivity contribution in [2.45, 2.75) is 63.7 Å². The quantitative estimate of drug-likeness (QED) is 0.700. The second kappa shape index (κ2) is 9.12. The van der Waals surface area contributed by atoms with Crippen LogP contribution in [0, 0.1) is 0 Å². The maximum atomic E-state index is 13.1. The largest absolute Gasteiger partial charge is 0.454 e. The molecule has 6 nitrogen and oxygen atoms in total. The lowest BCUT2D eigenvalue weighted by Gasteiger charge is -2.27. The van der Waals surface area contributed by atoms with Gasteiger partial charge in [-0.05, 0) is 68.4 Å². The van der Waals surface area contributed by atoms with Crippen molar-refractivity contribution in [3.8, 4) is 11.5 Å². The molecule has 0 aromatic heterocycles. The predicted octanol–water partition coefficient (Wildman–Crippen LogP) is 2.68. The highest BCUT2D eigenvalue weighted by Crippen LogP contribution is 2.32. The highest BCUT2D eigenvalue weighted by molar-refractivity contribution is 5.82. The topological polar surface area (TPSA) is 62.8 Å². The van der Waals surface area contributed by atoms with Gasteiger partial charge in [0.15, 0.2) is 11.5 Å². The first-order chi connectivity index (χ1) is 15.6. The van der Waals surface area contributed by atoms with Crippen LogP contribution in [0.3, 0.4) is 0 Å². The molecule has 0 saturated carbocycles. The summed E-state index contributed by atoms with van der Waals surface area (Å²) in [6.45, 7) is 6.19. The van der Waals surface area contributed by atoms with Gasteiger partial charge in [0, 0.05) is 31.2 Å². The van der Waals surface area contributed by atoms with Gasteiger partial charge in [-0.15, -0.1) is 0 Å². The normalized spacial score (nSPS) is 22.5. The Morgan fingerprint density at radius 3 is 2.56 bits per heavy atom. The summed E-state index contributed by atoms with van der Waals surface area (Å²) in [5.41, 5.74) is 4.06. The Morgan fingerprint density at radius 1 is 1.06 bits per heavy atom. The van der Waals surface area contributed by atoms with Crippen LogP contribution in [0.1, 0.15) is 37.0 Å². The van der Waals surface area contributed by atoms with Crippen LogP contribution in [-0.2, 0) is 24.1 Å². The van der Waals surface area contributed by atoms with Crippen molar-refractivity contribution in [1.29, 1.82) is 0 Å². The number of nitrogens with one attached hydrogen (secondary N) is 2. The number of fused-ring (bicyclic) bond motifs is 2. The summed E-state index contributed by atoms with van der Waals surface area (Å²) in [4.78, 5) is 15.4. The van der Waals surface area contributed by atoms with Gasteiger partial charge < -0.3 is 20.1 Å². The molecule has 6 heteroatoms. The summed E-state index contributed by atoms with van der Waals surface area (Å²) in [7, 11) is 0. The average molecular weight is 436 g/mol. The van der Waals surface area contributed by atoms with Gasteiger partial charge in [-0.2, -0.15) is 0 Å². The van der Waals surface area contributed by atoms with Gasteiger partial charge in [-0.1, -0.05) is 30.3 Å². The minimum absolute atomic E-state index is 0.0759. The van der Waals surface area contributed by atoms with E-state index in [2.05, 4.69) is 53.6 Å². The van der Waals surface area contributed by atoms with Crippen LogP contribution in [0.2, 0.25) is 0 Å². The fraction of sp³-hybridized carbons (Fsp3) is 0.500. The summed E-state index contributed by atoms with van der Waals surface area (Å²) in [5.74, 6) is 1.72. The second-order valence-corrected chi connectivity index (χ2v) is 9.51. The van der Waals surface area contributed by atoms with Gasteiger partial charge in [-0.25, -0.2) is 0 Å². The van der Waals surface area contributed by atoms with E-state index in [1.54, 1.807) is 0 Å². The molecular weight excluding hydrogens is 402 g/mol. The second-order valence-electron chi connectivity index (χ2n) is 9.51. The SMILES string of the molecule is CC(C)N1C[C@H](NC2Cc3ccccc3C2)C[C@H]1C(=O)NCCc1ccc2c(c1)OCO2. The molecule has 0 spiro atoms. The molecule has 0 bridgehead atoms. The Balaban J connectivity index is 1.14. The van der Waals surface area contributed by atoms with Crippen LogP contribution in [0.25, 0.3) is 0 Å². The fourth-order valence-electron chi connectivity index (χ4n) is 5.36. The maximum absolute atomic E-state index is 13.1. The fourth-order valence-corrected chi connectivity index (χ4v) is 5.36. The van der Waals surface area contributed by atoms with Gasteiger partial charge >= 0.3 is 0 Å². The number of benzene rings is 2. The van der Waals surface area contributed by atoms with Crippen molar-refractivity contribution in [3.63, 3.8) is 0 Å². The van der Waals surface area contributed by atoms with E-state index in [4.69, 9.17) is 9.47 Å². The van der Waals surface area contributed by atoms with E-state index in [1.165, 1.54) is 11.1 Å². The number of hydrogen-bond acceptors (Lipinski definition) is 5. The number of likely N-dealkylation sites (tertiary alicyclic amines) is 1. The molecule has 2 aromatic rings. The van der Waals surface area contributed by atoms with Crippen LogP contribution in [0.5, 0.6) is 11.5 Å². The average Bonchev–Trinajstić information content (AvgIpc) is 3.51. The molecule has 2 atom stereocenters. The molecule has 1 saturated heterocycles. The van der Waals surface area contributed by atoms with E-state index >= 15 is 0 Å². The Morgan fingerprint density at radius 2 is 1.81 bits per heavy atom. The molecular formula is C26H33N3O3. The summed E-state index contributed by atoms with van der Waals surface area (Å²) in [6, 6.07) is 15.8. The van der Waals surface area contributed by atoms with Crippen molar-refractivity contribution in [2.24, 2.45) is 0 Å². The third kappa shape index (κ3) is 4.48. The maximum Gasteiger partial charge on any atom is 0.237 e. The monoisotopic (exact) mass is 435 g/mol. The lowest BCUT2D eigenvalue weighted by molar-refractivity contribution is -0.126. The van der Waals surface area contributed by atoms with Crippen molar-refractivity contribution in [1.82, 2.24) is 15.5 Å². The zero-order chi connectivity index (χ0) is 22.1. The van der Waals surface area contributed by atoms with Crippen LogP contribution in [0.15, 0.2) is 42.5 Å². The van der Waals surface area contributed by atoms with E-state index < -0.39 is 0 Å². The van der Waals surface area contributed by atoms with E-state index in [-0.39, 0.29) is 18.7 Å². The molecule has 3 aliphatic rings. The Kier molecular flexibility index (Phi) is 6.07. The van der Waals surface area contributed by atoms with E-state index in [0.717, 1.165) is 49.3 Å². The number of amides is 1. The Bertz CT molecular complexity index is 952. The highest BCUT2D eigenvalue weighted by Gasteiger charge is 2.39. The third-order valence-electron chi connectivity index (χ3n) is 6.98. The molecule has 2 aromatic carbocycles. The summed E-state index contributed by atoms with van der Waals surface area (Å²) >= 11 is 0. The molecule has 2 aliphatic heterocycles. The number of hydrogen-bond donors (Lipinski definition) is 2. The summed E-state index contributed by atoms with van der Waals surface area (Å²) < 4.78 is 10.8. The van der Waals surface area contributed by atoms with Crippen LogP contribution < -0.4 is 20.1 Å². The van der Waals surface area contributed by atoms with Crippen LogP contribution in [-0.4, -0.2) is 54.9 Å². The number of carbonyl (C=O) groups excluding carboxylic acids is 1. The van der Waals surface area contributed by atoms with Crippen molar-refractivity contribution in [3.05, 3.63) is 59.2 Å². The number of ether oxygens (including phenoxy) is 2. The Hall–Kier alpha value is -2.57. The van der Waals surface area contributed by atoms with Gasteiger partial charge in [0.05, 0.1) is 6.04 Å². The molecule has 1 aliphatic carbocycles. The summed E-state index contributed by atoms with van der Waals surface area (Å²) in [6.07, 6.45) is 3.81. The molecule has 0 radical (unpaired) electrons. The first-order valence-electron chi connectivity index (χ1n) is 11.8. The number of carbonyl (C=O) groups is 1. The van der Waals surface area contributed by atoms with Gasteiger partial charge in [0.1, 0.15) is 0 Å². The van der Waals surface area contributed by atoms with E-state index in [0.29, 0.717) is 24.7 Å². The third-order valence-corrected chi connectivity index (χ3v) is 6.98. The molecule has 5 rings (SSSR count). The minimum atomic E-state index is -0.0759. The molecule has 0 unspecified atom stereocenters. The molecule has 1 fully saturated rings. The van der Waals surface area contributed by atoms with Crippen LogP contribution in [0.4, 0.5) is 0 Å². The number of nitrogens with zero attached hydrogens (tertiary/aromatic N) is 1. The van der Waals surface area contributed by atoms with Gasteiger partial charge in [-0.3, -0.25) is 9.69 Å². The molecule has 32 heavy (non-hydrogen) atoms. The zero-order valence-corrected chi connectivity index (χ0v) is 19.0. The van der Waals surface area contributed by atoms with Gasteiger partial charge in [0.25, 0.3) is 0 Å². The highest BCUT2D eigenvalue weighted by atomic mass is 16.7. The van der Waals surface area contributed by atoms with Gasteiger partial charge in [0.2, 0.25) is 12.7 Å². The first kappa shape index (κ1) is 21.3. The minimum Gasteiger partial charge on any atom is -0.454 e. The molecule has 2 heterocycles. The van der Waals surface area contributed by atoms with E-state index in [9.17, 15) is 4.79 Å². The number of rotatable bonds is 7. The summed E-state index contributed by atoms with van der Waals surface area (Å²) in [5, 5.41) is 7.03. The molecule has 170 valence electrons. The predicted molar refractivity (Wildman–Crippen MR) is 124 cm³/mol. The first-order valence-corrected chi connectivity index (χ1v) is 11.8. The van der Waals surface area contributed by atoms with Crippen molar-refractivity contribution >= 4 is 5.91 Å². The standard InChI is InChI=1S/C26H33N3O3/c1-17(2)29-15-22(28-21-12-19-5-3-4-6-20(19)13-21)14-23(29)26(30)27-10-9-18-7-8-24-25(11-18)32-16-31-24/h3-8,11,17,21-23,28H,9-10,12-16H2,1-2H3,(H,27,30)/t22-,23+/m1/s1. The Labute approximate surface area is 190 Å². The van der Waals surface area contributed by atoms with Crippen molar-refractivity contribution in [2.75, 3.05) is 19.9 Å². The molecule has 1 amide bonds.